The van der Waals surface area contributed by atoms with E-state index in [1.165, 1.54) is 39.9 Å². The Morgan fingerprint density at radius 3 is 2.34 bits per heavy atom. The van der Waals surface area contributed by atoms with Gasteiger partial charge in [-0.2, -0.15) is 4.31 Å². The number of carbonyl (C=O) groups excluding carboxylic acids is 1. The summed E-state index contributed by atoms with van der Waals surface area (Å²) in [6, 6.07) is 13.6. The van der Waals surface area contributed by atoms with E-state index in [0.29, 0.717) is 28.8 Å². The summed E-state index contributed by atoms with van der Waals surface area (Å²) in [4.78, 5) is 12.7. The van der Waals surface area contributed by atoms with Crippen molar-refractivity contribution in [1.29, 1.82) is 0 Å². The van der Waals surface area contributed by atoms with Crippen molar-refractivity contribution in [2.75, 3.05) is 25.0 Å². The summed E-state index contributed by atoms with van der Waals surface area (Å²) in [6.07, 6.45) is 0. The number of nitrogens with zero attached hydrogens (tertiary/aromatic N) is 3. The fourth-order valence-electron chi connectivity index (χ4n) is 2.85. The van der Waals surface area contributed by atoms with Crippen molar-refractivity contribution in [3.05, 3.63) is 64.7 Å². The number of sulfonamides is 1. The minimum atomic E-state index is -3.54. The Hall–Kier alpha value is -1.98. The van der Waals surface area contributed by atoms with Crippen LogP contribution in [0.5, 0.6) is 0 Å². The van der Waals surface area contributed by atoms with Crippen LogP contribution in [-0.2, 0) is 15.8 Å². The molecule has 0 aliphatic heterocycles. The molecule has 170 valence electrons. The highest BCUT2D eigenvalue weighted by Crippen LogP contribution is 2.28. The van der Waals surface area contributed by atoms with Crippen molar-refractivity contribution in [2.24, 2.45) is 0 Å². The monoisotopic (exact) mass is 510 g/mol. The smallest absolute Gasteiger partial charge is 0.243 e. The molecule has 0 atom stereocenters. The minimum Gasteiger partial charge on any atom is -0.353 e. The second-order valence-corrected chi connectivity index (χ2v) is 11.3. The first-order valence-electron chi connectivity index (χ1n) is 9.91. The van der Waals surface area contributed by atoms with Crippen molar-refractivity contribution in [2.45, 2.75) is 28.8 Å². The number of anilines is 1. The zero-order chi connectivity index (χ0) is 23.1. The maximum atomic E-state index is 12.6. The van der Waals surface area contributed by atoms with E-state index in [4.69, 9.17) is 11.6 Å². The summed E-state index contributed by atoms with van der Waals surface area (Å²) < 4.78 is 27.3. The van der Waals surface area contributed by atoms with Crippen molar-refractivity contribution in [1.82, 2.24) is 14.5 Å². The Morgan fingerprint density at radius 2 is 1.72 bits per heavy atom. The van der Waals surface area contributed by atoms with E-state index < -0.39 is 10.0 Å². The normalized spacial score (nSPS) is 11.6. The van der Waals surface area contributed by atoms with Gasteiger partial charge < -0.3 is 5.32 Å². The molecule has 0 fully saturated rings. The van der Waals surface area contributed by atoms with Crippen molar-refractivity contribution < 1.29 is 13.2 Å². The molecule has 2 aromatic carbocycles. The Morgan fingerprint density at radius 1 is 1.06 bits per heavy atom. The standard InChI is InChI=1S/C21H23ClN4O3S3/c1-3-26(4-2)32(28,29)18-11-7-16(8-12-18)19(27)13-23-20-24-25-21(31-20)30-14-15-5-9-17(22)10-6-15/h5-12H,3-4,13-14H2,1-2H3,(H,23,24). The first-order chi connectivity index (χ1) is 15.3. The molecule has 32 heavy (non-hydrogen) atoms. The fourth-order valence-corrected chi connectivity index (χ4v) is 6.14. The zero-order valence-electron chi connectivity index (χ0n) is 17.6. The molecule has 0 amide bonds. The van der Waals surface area contributed by atoms with Crippen molar-refractivity contribution in [3.8, 4) is 0 Å². The predicted octanol–water partition coefficient (Wildman–Crippen LogP) is 4.81. The summed E-state index contributed by atoms with van der Waals surface area (Å²) in [6.45, 7) is 4.41. The van der Waals surface area contributed by atoms with Crippen LogP contribution >= 0.6 is 34.7 Å². The summed E-state index contributed by atoms with van der Waals surface area (Å²) in [5, 5.41) is 12.4. The first-order valence-corrected chi connectivity index (χ1v) is 13.5. The molecule has 1 aromatic heterocycles. The number of aromatic nitrogens is 2. The van der Waals surface area contributed by atoms with Gasteiger partial charge in [0.2, 0.25) is 15.2 Å². The quantitative estimate of drug-likeness (QED) is 0.292. The maximum absolute atomic E-state index is 12.6. The third kappa shape index (κ3) is 6.29. The molecule has 3 aromatic rings. The van der Waals surface area contributed by atoms with Gasteiger partial charge in [-0.25, -0.2) is 8.42 Å². The average molecular weight is 511 g/mol. The van der Waals surface area contributed by atoms with E-state index in [0.717, 1.165) is 15.7 Å². The molecule has 0 unspecified atom stereocenters. The molecule has 0 saturated heterocycles. The van der Waals surface area contributed by atoms with E-state index in [2.05, 4.69) is 15.5 Å². The number of ketones is 1. The van der Waals surface area contributed by atoms with Crippen LogP contribution in [0.25, 0.3) is 0 Å². The van der Waals surface area contributed by atoms with E-state index in [1.54, 1.807) is 25.6 Å². The molecule has 7 nitrogen and oxygen atoms in total. The Bertz CT molecular complexity index is 1150. The van der Waals surface area contributed by atoms with E-state index in [9.17, 15) is 13.2 Å². The van der Waals surface area contributed by atoms with Crippen LogP contribution in [0.15, 0.2) is 57.8 Å². The van der Waals surface area contributed by atoms with Gasteiger partial charge >= 0.3 is 0 Å². The summed E-state index contributed by atoms with van der Waals surface area (Å²) in [5.41, 5.74) is 1.56. The van der Waals surface area contributed by atoms with Crippen LogP contribution in [0, 0.1) is 0 Å². The lowest BCUT2D eigenvalue weighted by Gasteiger charge is -2.18. The average Bonchev–Trinajstić information content (AvgIpc) is 3.25. The largest absolute Gasteiger partial charge is 0.353 e. The highest BCUT2D eigenvalue weighted by Gasteiger charge is 2.21. The van der Waals surface area contributed by atoms with Crippen LogP contribution in [0.1, 0.15) is 29.8 Å². The number of nitrogens with one attached hydrogen (secondary N) is 1. The van der Waals surface area contributed by atoms with Gasteiger partial charge in [-0.15, -0.1) is 10.2 Å². The zero-order valence-corrected chi connectivity index (χ0v) is 20.8. The fraction of sp³-hybridized carbons (Fsp3) is 0.286. The lowest BCUT2D eigenvalue weighted by molar-refractivity contribution is 0.101. The molecule has 1 N–H and O–H groups in total. The Balaban J connectivity index is 1.54. The Kier molecular flexibility index (Phi) is 8.66. The number of thioether (sulfide) groups is 1. The van der Waals surface area contributed by atoms with Crippen molar-refractivity contribution in [3.63, 3.8) is 0 Å². The van der Waals surface area contributed by atoms with Crippen LogP contribution in [0.3, 0.4) is 0 Å². The van der Waals surface area contributed by atoms with Gasteiger partial charge in [0.1, 0.15) is 0 Å². The van der Waals surface area contributed by atoms with Crippen molar-refractivity contribution >= 4 is 55.6 Å². The van der Waals surface area contributed by atoms with Gasteiger partial charge in [0.25, 0.3) is 0 Å². The summed E-state index contributed by atoms with van der Waals surface area (Å²) in [7, 11) is -3.54. The topological polar surface area (TPSA) is 92.3 Å². The third-order valence-electron chi connectivity index (χ3n) is 4.60. The van der Waals surface area contributed by atoms with Gasteiger partial charge in [0, 0.05) is 29.4 Å². The second-order valence-electron chi connectivity index (χ2n) is 6.68. The van der Waals surface area contributed by atoms with Crippen LogP contribution in [0.2, 0.25) is 5.02 Å². The van der Waals surface area contributed by atoms with E-state index in [1.807, 2.05) is 24.3 Å². The van der Waals surface area contributed by atoms with Crippen LogP contribution < -0.4 is 5.32 Å². The molecule has 0 aliphatic rings. The summed E-state index contributed by atoms with van der Waals surface area (Å²) >= 11 is 8.83. The van der Waals surface area contributed by atoms with E-state index >= 15 is 0 Å². The third-order valence-corrected chi connectivity index (χ3v) is 9.00. The number of hydrogen-bond acceptors (Lipinski definition) is 8. The van der Waals surface area contributed by atoms with Gasteiger partial charge in [-0.3, -0.25) is 4.79 Å². The SMILES string of the molecule is CCN(CC)S(=O)(=O)c1ccc(C(=O)CNc2nnc(SCc3ccc(Cl)cc3)s2)cc1. The highest BCUT2D eigenvalue weighted by molar-refractivity contribution is 8.00. The molecule has 0 radical (unpaired) electrons. The van der Waals surface area contributed by atoms with E-state index in [-0.39, 0.29) is 17.2 Å². The predicted molar refractivity (Wildman–Crippen MR) is 130 cm³/mol. The molecular weight excluding hydrogens is 488 g/mol. The summed E-state index contributed by atoms with van der Waals surface area (Å²) in [5.74, 6) is 0.579. The van der Waals surface area contributed by atoms with Gasteiger partial charge in [-0.05, 0) is 42.0 Å². The second kappa shape index (κ2) is 11.2. The molecule has 0 bridgehead atoms. The molecule has 0 saturated carbocycles. The lowest BCUT2D eigenvalue weighted by atomic mass is 10.1. The minimum absolute atomic E-state index is 0.0403. The van der Waals surface area contributed by atoms with Gasteiger partial charge in [0.15, 0.2) is 10.1 Å². The number of benzene rings is 2. The maximum Gasteiger partial charge on any atom is 0.243 e. The number of halogens is 1. The molecule has 0 spiro atoms. The van der Waals surface area contributed by atoms with Gasteiger partial charge in [0.05, 0.1) is 11.4 Å². The van der Waals surface area contributed by atoms with Crippen LogP contribution in [0.4, 0.5) is 5.13 Å². The lowest BCUT2D eigenvalue weighted by Crippen LogP contribution is -2.30. The number of carbonyl (C=O) groups is 1. The molecule has 1 heterocycles. The number of hydrogen-bond donors (Lipinski definition) is 1. The first kappa shape index (κ1) is 24.7. The molecule has 0 aliphatic carbocycles. The number of Topliss-reactive ketones (excluding diaryl/α,β-unsaturated/α-hetero) is 1. The molecule has 3 rings (SSSR count). The van der Waals surface area contributed by atoms with Crippen LogP contribution in [-0.4, -0.2) is 48.3 Å². The highest BCUT2D eigenvalue weighted by atomic mass is 35.5. The Labute approximate surface area is 201 Å². The molecular formula is C21H23ClN4O3S3. The van der Waals surface area contributed by atoms with Gasteiger partial charge in [-0.1, -0.05) is 60.7 Å². The molecule has 11 heteroatoms. The number of rotatable bonds is 11.